The molecule has 0 radical (unpaired) electrons. The van der Waals surface area contributed by atoms with Gasteiger partial charge in [0.25, 0.3) is 0 Å². The van der Waals surface area contributed by atoms with Crippen molar-refractivity contribution in [1.29, 1.82) is 0 Å². The zero-order chi connectivity index (χ0) is 32.7. The molecule has 3 aliphatic rings. The Labute approximate surface area is 276 Å². The summed E-state index contributed by atoms with van der Waals surface area (Å²) >= 11 is 7.69. The van der Waals surface area contributed by atoms with Crippen LogP contribution in [0.5, 0.6) is 5.75 Å². The number of benzene rings is 1. The van der Waals surface area contributed by atoms with Gasteiger partial charge in [-0.1, -0.05) is 49.1 Å². The van der Waals surface area contributed by atoms with Crippen molar-refractivity contribution < 1.29 is 32.3 Å². The molecular formula is C32H41ClF3N5O4S. The minimum atomic E-state index is -4.28. The van der Waals surface area contributed by atoms with Gasteiger partial charge in [0.2, 0.25) is 11.8 Å². The van der Waals surface area contributed by atoms with Crippen LogP contribution in [0.25, 0.3) is 0 Å². The van der Waals surface area contributed by atoms with Crippen molar-refractivity contribution in [2.45, 2.75) is 75.8 Å². The molecule has 3 fully saturated rings. The first kappa shape index (κ1) is 34.5. The molecule has 3 amide bonds. The number of carbonyl (C=O) groups excluding carboxylic acids is 3. The summed E-state index contributed by atoms with van der Waals surface area (Å²) in [5.41, 5.74) is 0. The predicted octanol–water partition coefficient (Wildman–Crippen LogP) is 5.29. The summed E-state index contributed by atoms with van der Waals surface area (Å²) < 4.78 is 44.8. The number of alkyl halides is 3. The monoisotopic (exact) mass is 683 g/mol. The highest BCUT2D eigenvalue weighted by atomic mass is 35.5. The summed E-state index contributed by atoms with van der Waals surface area (Å²) in [7, 11) is 0. The van der Waals surface area contributed by atoms with E-state index in [1.54, 1.807) is 29.2 Å². The Hall–Kier alpha value is -2.87. The fraction of sp³-hybridized carbons (Fsp3) is 0.594. The lowest BCUT2D eigenvalue weighted by Gasteiger charge is -2.44. The van der Waals surface area contributed by atoms with Crippen LogP contribution in [0.15, 0.2) is 41.8 Å². The molecule has 1 saturated carbocycles. The number of halogens is 4. The Bertz CT molecular complexity index is 1320. The van der Waals surface area contributed by atoms with E-state index in [2.05, 4.69) is 10.6 Å². The first-order valence-electron chi connectivity index (χ1n) is 15.9. The lowest BCUT2D eigenvalue weighted by atomic mass is 9.86. The fourth-order valence-electron chi connectivity index (χ4n) is 6.64. The van der Waals surface area contributed by atoms with Crippen LogP contribution in [-0.4, -0.2) is 96.2 Å². The normalized spacial score (nSPS) is 21.2. The summed E-state index contributed by atoms with van der Waals surface area (Å²) in [5.74, 6) is -0.638. The number of nitrogens with zero attached hydrogens (tertiary/aromatic N) is 3. The Balaban J connectivity index is 1.34. The Morgan fingerprint density at radius 1 is 0.978 bits per heavy atom. The summed E-state index contributed by atoms with van der Waals surface area (Å²) in [4.78, 5) is 46.7. The summed E-state index contributed by atoms with van der Waals surface area (Å²) in [5, 5.41) is 8.70. The number of piperazine rings is 1. The number of ether oxygens (including phenoxy) is 1. The maximum atomic E-state index is 14.5. The van der Waals surface area contributed by atoms with Gasteiger partial charge in [-0.3, -0.25) is 14.5 Å². The van der Waals surface area contributed by atoms with Crippen molar-refractivity contribution in [1.82, 2.24) is 25.3 Å². The molecule has 3 heterocycles. The SMILES string of the molecule is O=C(NCc1cccs1)[C@@H]1CN(C(=O)Oc2ccccc2Cl)CCN1C(=O)C(NC1CCCCC1)C1CCN(CC(F)(F)F)CC1. The van der Waals surface area contributed by atoms with Gasteiger partial charge in [0.05, 0.1) is 30.7 Å². The van der Waals surface area contributed by atoms with Crippen molar-refractivity contribution in [3.63, 3.8) is 0 Å². The topological polar surface area (TPSA) is 94.2 Å². The molecule has 2 aromatic rings. The molecule has 1 unspecified atom stereocenters. The van der Waals surface area contributed by atoms with E-state index in [0.29, 0.717) is 12.8 Å². The van der Waals surface area contributed by atoms with Crippen LogP contribution >= 0.6 is 22.9 Å². The van der Waals surface area contributed by atoms with Crippen LogP contribution in [-0.2, 0) is 16.1 Å². The van der Waals surface area contributed by atoms with Crippen LogP contribution < -0.4 is 15.4 Å². The lowest BCUT2D eigenvalue weighted by Crippen LogP contribution is -2.66. The average Bonchev–Trinajstić information content (AvgIpc) is 3.57. The summed E-state index contributed by atoms with van der Waals surface area (Å²) in [6.45, 7) is -0.0360. The quantitative estimate of drug-likeness (QED) is 0.373. The van der Waals surface area contributed by atoms with Crippen LogP contribution in [0.3, 0.4) is 0 Å². The molecule has 1 aliphatic carbocycles. The summed E-state index contributed by atoms with van der Waals surface area (Å²) in [6.07, 6.45) is 0.976. The molecular weight excluding hydrogens is 643 g/mol. The van der Waals surface area contributed by atoms with Gasteiger partial charge in [-0.2, -0.15) is 13.2 Å². The first-order chi connectivity index (χ1) is 22.1. The second-order valence-corrected chi connectivity index (χ2v) is 13.7. The van der Waals surface area contributed by atoms with E-state index >= 15 is 0 Å². The van der Waals surface area contributed by atoms with Gasteiger partial charge >= 0.3 is 12.3 Å². The largest absolute Gasteiger partial charge is 0.415 e. The van der Waals surface area contributed by atoms with E-state index < -0.39 is 36.8 Å². The molecule has 9 nitrogen and oxygen atoms in total. The molecule has 0 bridgehead atoms. The molecule has 2 aliphatic heterocycles. The maximum Gasteiger partial charge on any atom is 0.415 e. The minimum absolute atomic E-state index is 0.0779. The van der Waals surface area contributed by atoms with Crippen LogP contribution in [0.1, 0.15) is 49.8 Å². The van der Waals surface area contributed by atoms with Gasteiger partial charge in [0.1, 0.15) is 6.04 Å². The van der Waals surface area contributed by atoms with Crippen molar-refractivity contribution in [3.8, 4) is 5.75 Å². The number of likely N-dealkylation sites (tertiary alicyclic amines) is 1. The van der Waals surface area contributed by atoms with E-state index in [1.165, 1.54) is 21.1 Å². The first-order valence-corrected chi connectivity index (χ1v) is 17.2. The van der Waals surface area contributed by atoms with Crippen LogP contribution in [0.2, 0.25) is 5.02 Å². The summed E-state index contributed by atoms with van der Waals surface area (Å²) in [6, 6.07) is 8.87. The molecule has 1 aromatic heterocycles. The molecule has 2 atom stereocenters. The molecule has 14 heteroatoms. The molecule has 2 N–H and O–H groups in total. The second-order valence-electron chi connectivity index (χ2n) is 12.3. The van der Waals surface area contributed by atoms with Gasteiger partial charge in [-0.05, 0) is 68.3 Å². The number of hydrogen-bond acceptors (Lipinski definition) is 7. The smallest absolute Gasteiger partial charge is 0.409 e. The Morgan fingerprint density at radius 3 is 2.39 bits per heavy atom. The van der Waals surface area contributed by atoms with E-state index in [9.17, 15) is 27.6 Å². The number of carbonyl (C=O) groups is 3. The van der Waals surface area contributed by atoms with Gasteiger partial charge in [0.15, 0.2) is 5.75 Å². The van der Waals surface area contributed by atoms with Crippen molar-refractivity contribution >= 4 is 40.8 Å². The number of thiophene rings is 1. The fourth-order valence-corrected chi connectivity index (χ4v) is 7.46. The third-order valence-corrected chi connectivity index (χ3v) is 10.3. The van der Waals surface area contributed by atoms with Gasteiger partial charge < -0.3 is 25.2 Å². The molecule has 0 spiro atoms. The van der Waals surface area contributed by atoms with Gasteiger partial charge in [-0.15, -0.1) is 11.3 Å². The highest BCUT2D eigenvalue weighted by Gasteiger charge is 2.43. The number of piperidine rings is 1. The Morgan fingerprint density at radius 2 is 1.72 bits per heavy atom. The van der Waals surface area contributed by atoms with Crippen LogP contribution in [0.4, 0.5) is 18.0 Å². The molecule has 5 rings (SSSR count). The highest BCUT2D eigenvalue weighted by Crippen LogP contribution is 2.29. The number of para-hydroxylation sites is 1. The Kier molecular flexibility index (Phi) is 11.8. The van der Waals surface area contributed by atoms with Crippen molar-refractivity contribution in [2.75, 3.05) is 39.3 Å². The third kappa shape index (κ3) is 9.36. The zero-order valence-corrected chi connectivity index (χ0v) is 27.2. The van der Waals surface area contributed by atoms with E-state index in [0.717, 1.165) is 37.0 Å². The van der Waals surface area contributed by atoms with Gasteiger partial charge in [-0.25, -0.2) is 4.79 Å². The average molecular weight is 684 g/mol. The number of rotatable bonds is 9. The van der Waals surface area contributed by atoms with E-state index in [1.807, 2.05) is 17.5 Å². The van der Waals surface area contributed by atoms with Gasteiger partial charge in [0, 0.05) is 24.0 Å². The van der Waals surface area contributed by atoms with Crippen LogP contribution in [0, 0.1) is 5.92 Å². The highest BCUT2D eigenvalue weighted by molar-refractivity contribution is 7.09. The zero-order valence-electron chi connectivity index (χ0n) is 25.6. The third-order valence-electron chi connectivity index (χ3n) is 9.07. The van der Waals surface area contributed by atoms with E-state index in [-0.39, 0.29) is 67.9 Å². The molecule has 46 heavy (non-hydrogen) atoms. The number of hydrogen-bond donors (Lipinski definition) is 2. The predicted molar refractivity (Wildman–Crippen MR) is 170 cm³/mol. The van der Waals surface area contributed by atoms with Crippen molar-refractivity contribution in [3.05, 3.63) is 51.7 Å². The molecule has 252 valence electrons. The van der Waals surface area contributed by atoms with Crippen molar-refractivity contribution in [2.24, 2.45) is 5.92 Å². The lowest BCUT2D eigenvalue weighted by molar-refractivity contribution is -0.152. The maximum absolute atomic E-state index is 14.5. The number of nitrogens with one attached hydrogen (secondary N) is 2. The number of amides is 3. The second kappa shape index (κ2) is 15.8. The minimum Gasteiger partial charge on any atom is -0.409 e. The van der Waals surface area contributed by atoms with E-state index in [4.69, 9.17) is 16.3 Å². The molecule has 2 saturated heterocycles. The standard InChI is InChI=1S/C32H41ClF3N5O4S/c33-25-10-4-5-11-27(25)45-31(44)40-16-17-41(26(20-40)29(42)37-19-24-9-6-18-46-24)30(43)28(38-23-7-2-1-3-8-23)22-12-14-39(15-13-22)21-32(34,35)36/h4-6,9-11,18,22-23,26,28,38H,1-3,7-8,12-17,19-21H2,(H,37,42)/t26-,28?/m0/s1. The molecule has 1 aromatic carbocycles.